The molecule has 0 saturated carbocycles. The first-order chi connectivity index (χ1) is 5.68. The lowest BCUT2D eigenvalue weighted by Gasteiger charge is -2.04. The van der Waals surface area contributed by atoms with E-state index in [0.717, 1.165) is 5.56 Å². The van der Waals surface area contributed by atoms with Gasteiger partial charge in [-0.15, -0.1) is 0 Å². The molecule has 0 unspecified atom stereocenters. The lowest BCUT2D eigenvalue weighted by molar-refractivity contribution is 0.0819. The van der Waals surface area contributed by atoms with Gasteiger partial charge in [0.15, 0.2) is 0 Å². The molecule has 12 heavy (non-hydrogen) atoms. The standard InChI is InChI=1S/C9H9F2O/c1-7-2-4-8(5-3-7)12-6-9(10)11/h2,4-5,9H,6H2,1H3. The molecule has 0 N–H and O–H groups in total. The summed E-state index contributed by atoms with van der Waals surface area (Å²) in [4.78, 5) is 0. The quantitative estimate of drug-likeness (QED) is 0.678. The maximum atomic E-state index is 11.7. The Morgan fingerprint density at radius 3 is 2.75 bits per heavy atom. The summed E-state index contributed by atoms with van der Waals surface area (Å²) in [5, 5.41) is 0. The molecule has 0 aliphatic heterocycles. The van der Waals surface area contributed by atoms with Crippen molar-refractivity contribution < 1.29 is 13.5 Å². The third-order valence-corrected chi connectivity index (χ3v) is 1.32. The van der Waals surface area contributed by atoms with Crippen molar-refractivity contribution in [2.24, 2.45) is 0 Å². The average molecular weight is 171 g/mol. The van der Waals surface area contributed by atoms with Gasteiger partial charge in [-0.05, 0) is 30.7 Å². The third-order valence-electron chi connectivity index (χ3n) is 1.32. The topological polar surface area (TPSA) is 9.23 Å². The summed E-state index contributed by atoms with van der Waals surface area (Å²) < 4.78 is 28.1. The zero-order valence-corrected chi connectivity index (χ0v) is 6.68. The van der Waals surface area contributed by atoms with Gasteiger partial charge in [-0.25, -0.2) is 8.78 Å². The Balaban J connectivity index is 2.48. The Morgan fingerprint density at radius 1 is 1.50 bits per heavy atom. The van der Waals surface area contributed by atoms with Crippen LogP contribution in [0.4, 0.5) is 8.78 Å². The Morgan fingerprint density at radius 2 is 2.25 bits per heavy atom. The molecule has 0 atom stereocenters. The zero-order valence-electron chi connectivity index (χ0n) is 6.68. The average Bonchev–Trinajstić information content (AvgIpc) is 2.03. The fraction of sp³-hybridized carbons (Fsp3) is 0.333. The largest absolute Gasteiger partial charge is 0.488 e. The van der Waals surface area contributed by atoms with Gasteiger partial charge in [-0.2, -0.15) is 0 Å². The summed E-state index contributed by atoms with van der Waals surface area (Å²) in [5.41, 5.74) is 0.958. The van der Waals surface area contributed by atoms with Gasteiger partial charge in [-0.3, -0.25) is 0 Å². The van der Waals surface area contributed by atoms with E-state index in [4.69, 9.17) is 4.74 Å². The van der Waals surface area contributed by atoms with Crippen LogP contribution < -0.4 is 4.74 Å². The van der Waals surface area contributed by atoms with Crippen LogP contribution in [0.25, 0.3) is 0 Å². The highest BCUT2D eigenvalue weighted by molar-refractivity contribution is 5.25. The van der Waals surface area contributed by atoms with Crippen molar-refractivity contribution in [3.05, 3.63) is 29.8 Å². The fourth-order valence-corrected chi connectivity index (χ4v) is 0.737. The van der Waals surface area contributed by atoms with E-state index >= 15 is 0 Å². The molecule has 65 valence electrons. The number of hydrogen-bond donors (Lipinski definition) is 0. The van der Waals surface area contributed by atoms with Gasteiger partial charge < -0.3 is 4.74 Å². The van der Waals surface area contributed by atoms with E-state index in [2.05, 4.69) is 6.07 Å². The monoisotopic (exact) mass is 171 g/mol. The number of aryl methyl sites for hydroxylation is 1. The summed E-state index contributed by atoms with van der Waals surface area (Å²) >= 11 is 0. The molecule has 3 heteroatoms. The van der Waals surface area contributed by atoms with E-state index in [-0.39, 0.29) is 0 Å². The van der Waals surface area contributed by atoms with E-state index in [1.54, 1.807) is 18.2 Å². The first kappa shape index (κ1) is 8.97. The number of halogens is 2. The normalized spacial score (nSPS) is 10.3. The van der Waals surface area contributed by atoms with Crippen LogP contribution in [0.15, 0.2) is 18.2 Å². The van der Waals surface area contributed by atoms with Crippen LogP contribution >= 0.6 is 0 Å². The number of ether oxygens (including phenoxy) is 1. The van der Waals surface area contributed by atoms with Gasteiger partial charge >= 0.3 is 0 Å². The number of benzene rings is 1. The van der Waals surface area contributed by atoms with Crippen molar-refractivity contribution in [3.63, 3.8) is 0 Å². The van der Waals surface area contributed by atoms with E-state index in [0.29, 0.717) is 5.75 Å². The van der Waals surface area contributed by atoms with Gasteiger partial charge in [0.25, 0.3) is 6.43 Å². The van der Waals surface area contributed by atoms with Crippen LogP contribution in [-0.4, -0.2) is 13.0 Å². The molecule has 1 aromatic carbocycles. The highest BCUT2D eigenvalue weighted by atomic mass is 19.3. The maximum Gasteiger partial charge on any atom is 0.272 e. The maximum absolute atomic E-state index is 11.7. The van der Waals surface area contributed by atoms with E-state index in [1.807, 2.05) is 6.92 Å². The molecule has 0 spiro atoms. The molecule has 1 radical (unpaired) electrons. The first-order valence-electron chi connectivity index (χ1n) is 3.58. The Labute approximate surface area is 70.0 Å². The Bertz CT molecular complexity index is 231. The molecule has 0 aliphatic rings. The summed E-state index contributed by atoms with van der Waals surface area (Å²) in [7, 11) is 0. The number of rotatable bonds is 3. The van der Waals surface area contributed by atoms with E-state index in [9.17, 15) is 8.78 Å². The highest BCUT2D eigenvalue weighted by Gasteiger charge is 2.02. The summed E-state index contributed by atoms with van der Waals surface area (Å²) in [6.45, 7) is 1.31. The van der Waals surface area contributed by atoms with Crippen LogP contribution in [0.5, 0.6) is 5.75 Å². The van der Waals surface area contributed by atoms with E-state index in [1.165, 1.54) is 0 Å². The second-order valence-corrected chi connectivity index (χ2v) is 2.41. The van der Waals surface area contributed by atoms with Crippen molar-refractivity contribution in [1.29, 1.82) is 0 Å². The van der Waals surface area contributed by atoms with E-state index < -0.39 is 13.0 Å². The summed E-state index contributed by atoms with van der Waals surface area (Å²) in [5.74, 6) is 0.431. The molecule has 0 heterocycles. The Hall–Kier alpha value is -1.12. The second kappa shape index (κ2) is 4.04. The first-order valence-corrected chi connectivity index (χ1v) is 3.58. The Kier molecular flexibility index (Phi) is 3.02. The smallest absolute Gasteiger partial charge is 0.272 e. The van der Waals surface area contributed by atoms with Crippen molar-refractivity contribution in [2.75, 3.05) is 6.61 Å². The van der Waals surface area contributed by atoms with Gasteiger partial charge in [0.2, 0.25) is 0 Å². The predicted octanol–water partition coefficient (Wildman–Crippen LogP) is 2.44. The van der Waals surface area contributed by atoms with Crippen molar-refractivity contribution >= 4 is 0 Å². The number of hydrogen-bond acceptors (Lipinski definition) is 1. The zero-order chi connectivity index (χ0) is 8.97. The minimum absolute atomic E-state index is 0.431. The second-order valence-electron chi connectivity index (χ2n) is 2.41. The predicted molar refractivity (Wildman–Crippen MR) is 41.5 cm³/mol. The lowest BCUT2D eigenvalue weighted by Crippen LogP contribution is -2.06. The van der Waals surface area contributed by atoms with Crippen molar-refractivity contribution in [2.45, 2.75) is 13.3 Å². The third kappa shape index (κ3) is 2.86. The van der Waals surface area contributed by atoms with Crippen molar-refractivity contribution in [3.8, 4) is 5.75 Å². The molecule has 0 fully saturated rings. The molecule has 1 rings (SSSR count). The van der Waals surface area contributed by atoms with Crippen LogP contribution in [0.2, 0.25) is 0 Å². The molecule has 1 nitrogen and oxygen atoms in total. The summed E-state index contributed by atoms with van der Waals surface area (Å²) in [6, 6.07) is 7.82. The molecule has 0 amide bonds. The molecular formula is C9H9F2O. The molecule has 0 aliphatic carbocycles. The molecule has 0 bridgehead atoms. The van der Waals surface area contributed by atoms with Gasteiger partial charge in [0, 0.05) is 0 Å². The van der Waals surface area contributed by atoms with Crippen molar-refractivity contribution in [1.82, 2.24) is 0 Å². The number of alkyl halides is 2. The lowest BCUT2D eigenvalue weighted by atomic mass is 10.2. The minimum Gasteiger partial charge on any atom is -0.488 e. The molecular weight excluding hydrogens is 162 g/mol. The van der Waals surface area contributed by atoms with Crippen LogP contribution in [0, 0.1) is 13.0 Å². The highest BCUT2D eigenvalue weighted by Crippen LogP contribution is 2.11. The van der Waals surface area contributed by atoms with Crippen LogP contribution in [0.3, 0.4) is 0 Å². The molecule has 1 aromatic rings. The van der Waals surface area contributed by atoms with Crippen LogP contribution in [-0.2, 0) is 0 Å². The van der Waals surface area contributed by atoms with Gasteiger partial charge in [0.1, 0.15) is 12.4 Å². The SMILES string of the molecule is Cc1[c]cc(OCC(F)F)cc1. The van der Waals surface area contributed by atoms with Gasteiger partial charge in [-0.1, -0.05) is 6.07 Å². The minimum atomic E-state index is -2.42. The fourth-order valence-electron chi connectivity index (χ4n) is 0.737. The molecule has 0 aromatic heterocycles. The van der Waals surface area contributed by atoms with Gasteiger partial charge in [0.05, 0.1) is 0 Å². The molecule has 0 saturated heterocycles. The summed E-state index contributed by atoms with van der Waals surface area (Å²) in [6.07, 6.45) is -2.42. The van der Waals surface area contributed by atoms with Crippen LogP contribution in [0.1, 0.15) is 5.56 Å².